The molecule has 1 aromatic rings. The lowest BCUT2D eigenvalue weighted by Gasteiger charge is -2.08. The van der Waals surface area contributed by atoms with Crippen LogP contribution in [0.4, 0.5) is 14.5 Å². The van der Waals surface area contributed by atoms with E-state index in [1.54, 1.807) is 6.92 Å². The fourth-order valence-electron chi connectivity index (χ4n) is 1.17. The fraction of sp³-hybridized carbons (Fsp3) is 0.364. The van der Waals surface area contributed by atoms with Gasteiger partial charge in [0, 0.05) is 0 Å². The van der Waals surface area contributed by atoms with Gasteiger partial charge in [0.2, 0.25) is 5.91 Å². The van der Waals surface area contributed by atoms with E-state index in [9.17, 15) is 13.6 Å². The van der Waals surface area contributed by atoms with E-state index in [4.69, 9.17) is 5.26 Å². The monoisotopic (exact) mass is 239 g/mol. The lowest BCUT2D eigenvalue weighted by molar-refractivity contribution is -0.118. The van der Waals surface area contributed by atoms with Gasteiger partial charge >= 0.3 is 0 Å². The van der Waals surface area contributed by atoms with Crippen LogP contribution in [0.15, 0.2) is 18.3 Å². The normalized spacial score (nSPS) is 11.9. The Labute approximate surface area is 97.3 Å². The second-order valence-corrected chi connectivity index (χ2v) is 3.35. The Kier molecular flexibility index (Phi) is 4.52. The number of nitriles is 1. The minimum Gasteiger partial charge on any atom is -0.324 e. The molecule has 0 fully saturated rings. The van der Waals surface area contributed by atoms with Gasteiger partial charge in [0.15, 0.2) is 0 Å². The molecule has 90 valence electrons. The third kappa shape index (κ3) is 3.48. The van der Waals surface area contributed by atoms with Gasteiger partial charge in [0.05, 0.1) is 18.0 Å². The Morgan fingerprint density at radius 3 is 2.71 bits per heavy atom. The molecule has 0 aliphatic carbocycles. The van der Waals surface area contributed by atoms with Gasteiger partial charge in [-0.1, -0.05) is 6.92 Å². The summed E-state index contributed by atoms with van der Waals surface area (Å²) in [6.45, 7) is 1.71. The van der Waals surface area contributed by atoms with Gasteiger partial charge in [-0.15, -0.1) is 0 Å². The fourth-order valence-corrected chi connectivity index (χ4v) is 1.17. The van der Waals surface area contributed by atoms with Crippen molar-refractivity contribution in [1.82, 2.24) is 4.98 Å². The Balaban J connectivity index is 2.70. The number of rotatable bonds is 4. The number of nitrogens with one attached hydrogen (secondary N) is 1. The molecule has 0 saturated heterocycles. The van der Waals surface area contributed by atoms with Crippen molar-refractivity contribution in [2.75, 3.05) is 5.32 Å². The summed E-state index contributed by atoms with van der Waals surface area (Å²) in [5.74, 6) is -1.20. The maximum absolute atomic E-state index is 12.2. The molecule has 0 saturated carbocycles. The van der Waals surface area contributed by atoms with Crippen LogP contribution in [0.2, 0.25) is 0 Å². The molecule has 17 heavy (non-hydrogen) atoms. The van der Waals surface area contributed by atoms with E-state index < -0.39 is 18.3 Å². The summed E-state index contributed by atoms with van der Waals surface area (Å²) in [4.78, 5) is 15.0. The minimum absolute atomic E-state index is 0.299. The summed E-state index contributed by atoms with van der Waals surface area (Å²) in [6.07, 6.45) is -1.10. The number of anilines is 1. The molecular weight excluding hydrogens is 228 g/mol. The molecule has 4 nitrogen and oxygen atoms in total. The largest absolute Gasteiger partial charge is 0.324 e. The molecule has 1 atom stereocenters. The highest BCUT2D eigenvalue weighted by Gasteiger charge is 2.16. The molecule has 6 heteroatoms. The molecule has 1 unspecified atom stereocenters. The number of nitrogens with zero attached hydrogens (tertiary/aromatic N) is 2. The predicted molar refractivity (Wildman–Crippen MR) is 57.2 cm³/mol. The van der Waals surface area contributed by atoms with Crippen molar-refractivity contribution in [3.8, 4) is 6.07 Å². The molecule has 0 aliphatic rings. The van der Waals surface area contributed by atoms with Crippen molar-refractivity contribution in [1.29, 1.82) is 5.26 Å². The number of hydrogen-bond acceptors (Lipinski definition) is 3. The average Bonchev–Trinajstić information content (AvgIpc) is 2.31. The standard InChI is InChI=1S/C11H11F2N3O/c1-2-7(5-14)11(17)16-8-3-4-9(10(12)13)15-6-8/h3-4,6-7,10H,2H2,1H3,(H,16,17). The number of halogens is 2. The van der Waals surface area contributed by atoms with Crippen LogP contribution in [0.1, 0.15) is 25.5 Å². The van der Waals surface area contributed by atoms with E-state index in [1.165, 1.54) is 6.07 Å². The van der Waals surface area contributed by atoms with Crippen LogP contribution >= 0.6 is 0 Å². The summed E-state index contributed by atoms with van der Waals surface area (Å²) >= 11 is 0. The minimum atomic E-state index is -2.64. The highest BCUT2D eigenvalue weighted by Crippen LogP contribution is 2.17. The molecule has 1 N–H and O–H groups in total. The zero-order valence-electron chi connectivity index (χ0n) is 9.15. The molecule has 1 aromatic heterocycles. The lowest BCUT2D eigenvalue weighted by atomic mass is 10.1. The van der Waals surface area contributed by atoms with Gasteiger partial charge < -0.3 is 5.32 Å². The number of amides is 1. The number of pyridine rings is 1. The van der Waals surface area contributed by atoms with Crippen LogP contribution < -0.4 is 5.32 Å². The molecule has 1 rings (SSSR count). The van der Waals surface area contributed by atoms with Crippen molar-refractivity contribution in [3.05, 3.63) is 24.0 Å². The summed E-state index contributed by atoms with van der Waals surface area (Å²) in [7, 11) is 0. The molecule has 0 bridgehead atoms. The maximum Gasteiger partial charge on any atom is 0.280 e. The van der Waals surface area contributed by atoms with E-state index >= 15 is 0 Å². The first-order chi connectivity index (χ1) is 8.08. The maximum atomic E-state index is 12.2. The first-order valence-corrected chi connectivity index (χ1v) is 5.03. The lowest BCUT2D eigenvalue weighted by Crippen LogP contribution is -2.21. The summed E-state index contributed by atoms with van der Waals surface area (Å²) in [6, 6.07) is 4.31. The predicted octanol–water partition coefficient (Wildman–Crippen LogP) is 2.51. The number of carbonyl (C=O) groups excluding carboxylic acids is 1. The van der Waals surface area contributed by atoms with E-state index in [0.717, 1.165) is 12.3 Å². The van der Waals surface area contributed by atoms with Gasteiger partial charge in [-0.25, -0.2) is 8.78 Å². The van der Waals surface area contributed by atoms with Crippen LogP contribution in [-0.2, 0) is 4.79 Å². The first-order valence-electron chi connectivity index (χ1n) is 5.03. The van der Waals surface area contributed by atoms with Crippen molar-refractivity contribution >= 4 is 11.6 Å². The zero-order valence-corrected chi connectivity index (χ0v) is 9.15. The third-order valence-electron chi connectivity index (χ3n) is 2.16. The molecular formula is C11H11F2N3O. The summed E-state index contributed by atoms with van der Waals surface area (Å²) < 4.78 is 24.4. The Morgan fingerprint density at radius 2 is 2.29 bits per heavy atom. The van der Waals surface area contributed by atoms with Crippen LogP contribution in [0.5, 0.6) is 0 Å². The smallest absolute Gasteiger partial charge is 0.280 e. The summed E-state index contributed by atoms with van der Waals surface area (Å²) in [5, 5.41) is 11.1. The average molecular weight is 239 g/mol. The number of alkyl halides is 2. The highest BCUT2D eigenvalue weighted by molar-refractivity contribution is 5.93. The van der Waals surface area contributed by atoms with Crippen LogP contribution in [0, 0.1) is 17.2 Å². The molecule has 0 aromatic carbocycles. The van der Waals surface area contributed by atoms with E-state index in [2.05, 4.69) is 10.3 Å². The van der Waals surface area contributed by atoms with E-state index in [-0.39, 0.29) is 5.69 Å². The number of hydrogen-bond donors (Lipinski definition) is 1. The van der Waals surface area contributed by atoms with Crippen molar-refractivity contribution in [2.24, 2.45) is 5.92 Å². The Bertz CT molecular complexity index is 425. The molecule has 0 radical (unpaired) electrons. The number of carbonyl (C=O) groups is 1. The Morgan fingerprint density at radius 1 is 1.59 bits per heavy atom. The highest BCUT2D eigenvalue weighted by atomic mass is 19.3. The Hall–Kier alpha value is -2.03. The van der Waals surface area contributed by atoms with Gasteiger partial charge in [-0.05, 0) is 18.6 Å². The second kappa shape index (κ2) is 5.89. The van der Waals surface area contributed by atoms with Crippen LogP contribution in [0.25, 0.3) is 0 Å². The summed E-state index contributed by atoms with van der Waals surface area (Å²) in [5.41, 5.74) is -0.0524. The van der Waals surface area contributed by atoms with E-state index in [0.29, 0.717) is 12.1 Å². The third-order valence-corrected chi connectivity index (χ3v) is 2.16. The van der Waals surface area contributed by atoms with Crippen LogP contribution in [0.3, 0.4) is 0 Å². The molecule has 1 heterocycles. The van der Waals surface area contributed by atoms with Crippen molar-refractivity contribution < 1.29 is 13.6 Å². The first kappa shape index (κ1) is 13.0. The van der Waals surface area contributed by atoms with Gasteiger partial charge in [-0.2, -0.15) is 5.26 Å². The van der Waals surface area contributed by atoms with Gasteiger partial charge in [0.1, 0.15) is 11.6 Å². The van der Waals surface area contributed by atoms with E-state index in [1.807, 2.05) is 6.07 Å². The SMILES string of the molecule is CCC(C#N)C(=O)Nc1ccc(C(F)F)nc1. The second-order valence-electron chi connectivity index (χ2n) is 3.35. The molecule has 1 amide bonds. The topological polar surface area (TPSA) is 65.8 Å². The molecule has 0 aliphatic heterocycles. The zero-order chi connectivity index (χ0) is 12.8. The van der Waals surface area contributed by atoms with Crippen molar-refractivity contribution in [2.45, 2.75) is 19.8 Å². The van der Waals surface area contributed by atoms with Crippen molar-refractivity contribution in [3.63, 3.8) is 0 Å². The van der Waals surface area contributed by atoms with Crippen LogP contribution in [-0.4, -0.2) is 10.9 Å². The van der Waals surface area contributed by atoms with Gasteiger partial charge in [0.25, 0.3) is 6.43 Å². The quantitative estimate of drug-likeness (QED) is 0.877. The molecule has 0 spiro atoms. The number of aromatic nitrogens is 1. The van der Waals surface area contributed by atoms with Gasteiger partial charge in [-0.3, -0.25) is 9.78 Å².